The van der Waals surface area contributed by atoms with Crippen molar-refractivity contribution in [3.63, 3.8) is 0 Å². The highest BCUT2D eigenvalue weighted by molar-refractivity contribution is 7.71. The maximum absolute atomic E-state index is 9.12. The van der Waals surface area contributed by atoms with Crippen molar-refractivity contribution in [3.8, 4) is 11.4 Å². The monoisotopic (exact) mass is 252 g/mol. The molecule has 0 fully saturated rings. The zero-order chi connectivity index (χ0) is 12.3. The quantitative estimate of drug-likeness (QED) is 0.771. The number of pyridine rings is 1. The van der Waals surface area contributed by atoms with Gasteiger partial charge in [-0.3, -0.25) is 9.55 Å². The van der Waals surface area contributed by atoms with Crippen LogP contribution in [0.3, 0.4) is 0 Å². The molecule has 0 unspecified atom stereocenters. The Balaban J connectivity index is 2.57. The Morgan fingerprint density at radius 1 is 1.24 bits per heavy atom. The van der Waals surface area contributed by atoms with Crippen LogP contribution >= 0.6 is 12.2 Å². The van der Waals surface area contributed by atoms with E-state index in [9.17, 15) is 0 Å². The maximum Gasteiger partial charge on any atom is 0.200 e. The molecule has 2 heterocycles. The molecule has 2 aromatic rings. The Labute approximate surface area is 103 Å². The molecule has 17 heavy (non-hydrogen) atoms. The molecule has 0 bridgehead atoms. The predicted molar refractivity (Wildman–Crippen MR) is 63.6 cm³/mol. The smallest absolute Gasteiger partial charge is 0.200 e. The highest BCUT2D eigenvalue weighted by Crippen LogP contribution is 2.16. The number of aliphatic hydroxyl groups is 2. The molecule has 2 rings (SSSR count). The minimum atomic E-state index is -0.282. The van der Waals surface area contributed by atoms with Gasteiger partial charge in [-0.25, -0.2) is 4.68 Å². The van der Waals surface area contributed by atoms with E-state index in [2.05, 4.69) is 10.1 Å². The van der Waals surface area contributed by atoms with Crippen LogP contribution in [0.25, 0.3) is 11.4 Å². The lowest BCUT2D eigenvalue weighted by molar-refractivity contribution is 0.192. The van der Waals surface area contributed by atoms with E-state index in [0.717, 1.165) is 5.56 Å². The Hall–Kier alpha value is -1.57. The van der Waals surface area contributed by atoms with Crippen LogP contribution in [0.5, 0.6) is 0 Å². The summed E-state index contributed by atoms with van der Waals surface area (Å²) in [6.07, 6.45) is 3.30. The van der Waals surface area contributed by atoms with Crippen LogP contribution in [0.15, 0.2) is 24.5 Å². The molecule has 0 amide bonds. The summed E-state index contributed by atoms with van der Waals surface area (Å²) >= 11 is 5.15. The fourth-order valence-corrected chi connectivity index (χ4v) is 1.83. The number of aromatic nitrogens is 4. The van der Waals surface area contributed by atoms with Crippen LogP contribution in [0.1, 0.15) is 0 Å². The molecule has 0 aliphatic rings. The normalized spacial score (nSPS) is 10.7. The average Bonchev–Trinajstić information content (AvgIpc) is 2.69. The third kappa shape index (κ3) is 2.26. The molecule has 0 aliphatic carbocycles. The summed E-state index contributed by atoms with van der Waals surface area (Å²) < 4.78 is 3.37. The molecule has 0 aromatic carbocycles. The van der Waals surface area contributed by atoms with Crippen molar-refractivity contribution in [2.24, 2.45) is 0 Å². The van der Waals surface area contributed by atoms with Crippen LogP contribution in [0.4, 0.5) is 0 Å². The molecular weight excluding hydrogens is 240 g/mol. The first-order valence-electron chi connectivity index (χ1n) is 5.07. The molecule has 6 nitrogen and oxygen atoms in total. The highest BCUT2D eigenvalue weighted by Gasteiger charge is 2.11. The summed E-state index contributed by atoms with van der Waals surface area (Å²) in [5, 5.41) is 22.3. The van der Waals surface area contributed by atoms with Crippen molar-refractivity contribution in [2.75, 3.05) is 6.61 Å². The van der Waals surface area contributed by atoms with E-state index in [1.54, 1.807) is 29.1 Å². The van der Waals surface area contributed by atoms with Crippen LogP contribution in [0, 0.1) is 4.77 Å². The van der Waals surface area contributed by atoms with Crippen molar-refractivity contribution in [1.82, 2.24) is 19.3 Å². The lowest BCUT2D eigenvalue weighted by atomic mass is 10.2. The van der Waals surface area contributed by atoms with Crippen LogP contribution in [-0.2, 0) is 13.3 Å². The molecule has 0 atom stereocenters. The van der Waals surface area contributed by atoms with Gasteiger partial charge in [-0.2, -0.15) is 0 Å². The molecule has 0 saturated carbocycles. The molecule has 0 saturated heterocycles. The Bertz CT molecular complexity index is 549. The van der Waals surface area contributed by atoms with E-state index in [1.165, 1.54) is 4.68 Å². The number of hydrogen-bond donors (Lipinski definition) is 2. The van der Waals surface area contributed by atoms with Gasteiger partial charge >= 0.3 is 0 Å². The van der Waals surface area contributed by atoms with Crippen molar-refractivity contribution in [3.05, 3.63) is 29.3 Å². The molecule has 0 spiro atoms. The third-order valence-electron chi connectivity index (χ3n) is 2.32. The van der Waals surface area contributed by atoms with E-state index >= 15 is 0 Å². The summed E-state index contributed by atoms with van der Waals surface area (Å²) in [6.45, 7) is 0.0232. The molecule has 7 heteroatoms. The maximum atomic E-state index is 9.12. The SMILES string of the molecule is OCCn1c(-c2ccncc2)nn(CO)c1=S. The number of aliphatic hydroxyl groups excluding tert-OH is 2. The van der Waals surface area contributed by atoms with Gasteiger partial charge in [-0.15, -0.1) is 5.10 Å². The zero-order valence-corrected chi connectivity index (χ0v) is 9.84. The summed E-state index contributed by atoms with van der Waals surface area (Å²) in [4.78, 5) is 3.93. The fraction of sp³-hybridized carbons (Fsp3) is 0.300. The van der Waals surface area contributed by atoms with Gasteiger partial charge in [0, 0.05) is 18.0 Å². The lowest BCUT2D eigenvalue weighted by Crippen LogP contribution is -2.05. The summed E-state index contributed by atoms with van der Waals surface area (Å²) in [5.74, 6) is 0.612. The molecule has 2 N–H and O–H groups in total. The lowest BCUT2D eigenvalue weighted by Gasteiger charge is -2.03. The Kier molecular flexibility index (Phi) is 3.62. The Morgan fingerprint density at radius 2 is 1.94 bits per heavy atom. The highest BCUT2D eigenvalue weighted by atomic mass is 32.1. The molecule has 0 radical (unpaired) electrons. The van der Waals surface area contributed by atoms with E-state index in [0.29, 0.717) is 17.1 Å². The van der Waals surface area contributed by atoms with Gasteiger partial charge in [0.25, 0.3) is 0 Å². The Morgan fingerprint density at radius 3 is 2.53 bits per heavy atom. The van der Waals surface area contributed by atoms with Gasteiger partial charge in [0.05, 0.1) is 13.2 Å². The van der Waals surface area contributed by atoms with Crippen LogP contribution in [-0.4, -0.2) is 36.2 Å². The predicted octanol–water partition coefficient (Wildman–Crippen LogP) is 0.418. The van der Waals surface area contributed by atoms with Crippen molar-refractivity contribution in [2.45, 2.75) is 13.3 Å². The van der Waals surface area contributed by atoms with Crippen molar-refractivity contribution >= 4 is 12.2 Å². The summed E-state index contributed by atoms with van der Waals surface area (Å²) in [6, 6.07) is 3.60. The average molecular weight is 252 g/mol. The second kappa shape index (κ2) is 5.17. The van der Waals surface area contributed by atoms with Crippen molar-refractivity contribution in [1.29, 1.82) is 0 Å². The van der Waals surface area contributed by atoms with E-state index in [1.807, 2.05) is 0 Å². The van der Waals surface area contributed by atoms with Gasteiger partial charge in [0.15, 0.2) is 10.6 Å². The van der Waals surface area contributed by atoms with E-state index in [4.69, 9.17) is 22.4 Å². The number of rotatable bonds is 4. The first-order chi connectivity index (χ1) is 8.27. The number of hydrogen-bond acceptors (Lipinski definition) is 5. The minimum Gasteiger partial charge on any atom is -0.395 e. The van der Waals surface area contributed by atoms with Gasteiger partial charge in [0.2, 0.25) is 0 Å². The molecule has 90 valence electrons. The van der Waals surface area contributed by atoms with Gasteiger partial charge < -0.3 is 10.2 Å². The molecular formula is C10H12N4O2S. The van der Waals surface area contributed by atoms with Crippen molar-refractivity contribution < 1.29 is 10.2 Å². The second-order valence-electron chi connectivity index (χ2n) is 3.36. The summed E-state index contributed by atoms with van der Waals surface area (Å²) in [7, 11) is 0. The van der Waals surface area contributed by atoms with Crippen LogP contribution in [0.2, 0.25) is 0 Å². The first-order valence-corrected chi connectivity index (χ1v) is 5.48. The number of nitrogens with zero attached hydrogens (tertiary/aromatic N) is 4. The van der Waals surface area contributed by atoms with Gasteiger partial charge in [-0.05, 0) is 24.4 Å². The third-order valence-corrected chi connectivity index (χ3v) is 2.75. The van der Waals surface area contributed by atoms with Crippen LogP contribution < -0.4 is 0 Å². The second-order valence-corrected chi connectivity index (χ2v) is 3.72. The molecule has 2 aromatic heterocycles. The largest absolute Gasteiger partial charge is 0.395 e. The first kappa shape index (κ1) is 11.9. The topological polar surface area (TPSA) is 76.1 Å². The zero-order valence-electron chi connectivity index (χ0n) is 9.02. The van der Waals surface area contributed by atoms with Gasteiger partial charge in [0.1, 0.15) is 6.73 Å². The standard InChI is InChI=1S/C10H12N4O2S/c15-6-5-13-9(8-1-3-11-4-2-8)12-14(7-16)10(13)17/h1-4,15-16H,5-7H2. The fourth-order valence-electron chi connectivity index (χ4n) is 1.55. The minimum absolute atomic E-state index is 0.0382. The van der Waals surface area contributed by atoms with E-state index < -0.39 is 0 Å². The summed E-state index contributed by atoms with van der Waals surface area (Å²) in [5.41, 5.74) is 0.840. The van der Waals surface area contributed by atoms with Gasteiger partial charge in [-0.1, -0.05) is 0 Å². The van der Waals surface area contributed by atoms with E-state index in [-0.39, 0.29) is 13.3 Å². The molecule has 0 aliphatic heterocycles.